The molecule has 0 aliphatic heterocycles. The van der Waals surface area contributed by atoms with Gasteiger partial charge >= 0.3 is 5.97 Å². The van der Waals surface area contributed by atoms with Crippen LogP contribution in [-0.2, 0) is 28.2 Å². The highest BCUT2D eigenvalue weighted by atomic mass is 35.5. The fraction of sp³-hybridized carbons (Fsp3) is 0.0833. The zero-order valence-electron chi connectivity index (χ0n) is 17.4. The first kappa shape index (κ1) is 23.0. The first-order valence-electron chi connectivity index (χ1n) is 9.82. The van der Waals surface area contributed by atoms with Gasteiger partial charge in [0, 0.05) is 12.6 Å². The fourth-order valence-corrected chi connectivity index (χ4v) is 5.31. The van der Waals surface area contributed by atoms with Gasteiger partial charge in [-0.2, -0.15) is 5.10 Å². The number of carbonyl (C=O) groups excluding carboxylic acids is 1. The summed E-state index contributed by atoms with van der Waals surface area (Å²) in [4.78, 5) is 12.8. The number of sulfone groups is 1. The number of carbonyl (C=O) groups is 1. The van der Waals surface area contributed by atoms with Crippen LogP contribution in [0.1, 0.15) is 15.9 Å². The van der Waals surface area contributed by atoms with Crippen LogP contribution in [0.4, 0.5) is 0 Å². The molecule has 9 heteroatoms. The van der Waals surface area contributed by atoms with Crippen molar-refractivity contribution < 1.29 is 17.9 Å². The minimum Gasteiger partial charge on any atom is -0.457 e. The van der Waals surface area contributed by atoms with E-state index in [1.54, 1.807) is 25.2 Å². The molecule has 33 heavy (non-hydrogen) atoms. The first-order valence-corrected chi connectivity index (χ1v) is 12.1. The van der Waals surface area contributed by atoms with E-state index in [0.29, 0.717) is 16.3 Å². The summed E-state index contributed by atoms with van der Waals surface area (Å²) in [5, 5.41) is 4.93. The maximum Gasteiger partial charge on any atom is 0.338 e. The lowest BCUT2D eigenvalue weighted by Gasteiger charge is -2.10. The average molecular weight is 501 g/mol. The molecule has 0 saturated heterocycles. The number of nitrogens with zero attached hydrogens (tertiary/aromatic N) is 2. The third kappa shape index (κ3) is 4.66. The summed E-state index contributed by atoms with van der Waals surface area (Å²) < 4.78 is 33.8. The van der Waals surface area contributed by atoms with Crippen LogP contribution in [0.3, 0.4) is 0 Å². The smallest absolute Gasteiger partial charge is 0.338 e. The number of aryl methyl sites for hydroxylation is 1. The summed E-state index contributed by atoms with van der Waals surface area (Å²) in [5.74, 6) is -0.667. The summed E-state index contributed by atoms with van der Waals surface area (Å²) in [7, 11) is -2.39. The lowest BCUT2D eigenvalue weighted by molar-refractivity contribution is 0.0469. The largest absolute Gasteiger partial charge is 0.457 e. The van der Waals surface area contributed by atoms with Gasteiger partial charge in [-0.05, 0) is 30.3 Å². The molecule has 0 fully saturated rings. The Morgan fingerprint density at radius 1 is 0.939 bits per heavy atom. The Bertz CT molecular complexity index is 1420. The van der Waals surface area contributed by atoms with Crippen molar-refractivity contribution in [1.29, 1.82) is 0 Å². The van der Waals surface area contributed by atoms with Crippen molar-refractivity contribution in [3.8, 4) is 11.3 Å². The molecule has 3 aromatic carbocycles. The number of esters is 1. The number of halogens is 2. The van der Waals surface area contributed by atoms with Crippen molar-refractivity contribution in [2.45, 2.75) is 16.5 Å². The zero-order valence-corrected chi connectivity index (χ0v) is 19.7. The van der Waals surface area contributed by atoms with Crippen molar-refractivity contribution in [2.24, 2.45) is 7.05 Å². The van der Waals surface area contributed by atoms with E-state index in [9.17, 15) is 13.2 Å². The Kier molecular flexibility index (Phi) is 6.56. The van der Waals surface area contributed by atoms with Gasteiger partial charge in [0.15, 0.2) is 5.03 Å². The Hall–Kier alpha value is -3.13. The van der Waals surface area contributed by atoms with E-state index in [0.717, 1.165) is 0 Å². The van der Waals surface area contributed by atoms with Crippen LogP contribution >= 0.6 is 23.2 Å². The Morgan fingerprint density at radius 2 is 1.58 bits per heavy atom. The van der Waals surface area contributed by atoms with E-state index in [-0.39, 0.29) is 32.7 Å². The molecule has 0 bridgehead atoms. The van der Waals surface area contributed by atoms with Crippen molar-refractivity contribution in [3.05, 3.63) is 100 Å². The molecule has 0 spiro atoms. The SMILES string of the molecule is Cn1nc(-c2ccccc2)c(COC(=O)c2ccc(Cl)c(Cl)c2)c1S(=O)(=O)c1ccccc1. The van der Waals surface area contributed by atoms with Crippen molar-refractivity contribution >= 4 is 39.0 Å². The van der Waals surface area contributed by atoms with Crippen molar-refractivity contribution in [3.63, 3.8) is 0 Å². The Morgan fingerprint density at radius 3 is 2.21 bits per heavy atom. The van der Waals surface area contributed by atoms with E-state index < -0.39 is 15.8 Å². The molecule has 0 aliphatic carbocycles. The van der Waals surface area contributed by atoms with Gasteiger partial charge < -0.3 is 4.74 Å². The maximum absolute atomic E-state index is 13.5. The lowest BCUT2D eigenvalue weighted by Crippen LogP contribution is -2.12. The second kappa shape index (κ2) is 9.39. The summed E-state index contributed by atoms with van der Waals surface area (Å²) in [6.07, 6.45) is 0. The monoisotopic (exact) mass is 500 g/mol. The summed E-state index contributed by atoms with van der Waals surface area (Å²) in [6, 6.07) is 21.5. The van der Waals surface area contributed by atoms with Crippen LogP contribution in [0.25, 0.3) is 11.3 Å². The standard InChI is InChI=1S/C24H18Cl2N2O4S/c1-28-23(33(30,31)18-10-6-3-7-11-18)19(22(27-28)16-8-4-2-5-9-16)15-32-24(29)17-12-13-20(25)21(26)14-17/h2-14H,15H2,1H3. The van der Waals surface area contributed by atoms with E-state index >= 15 is 0 Å². The van der Waals surface area contributed by atoms with Crippen LogP contribution < -0.4 is 0 Å². The Labute approximate surface area is 201 Å². The van der Waals surface area contributed by atoms with Crippen LogP contribution in [-0.4, -0.2) is 24.2 Å². The van der Waals surface area contributed by atoms with Gasteiger partial charge in [-0.25, -0.2) is 13.2 Å². The third-order valence-corrected chi connectivity index (χ3v) is 7.60. The highest BCUT2D eigenvalue weighted by Gasteiger charge is 2.30. The number of rotatable bonds is 6. The minimum absolute atomic E-state index is 0.0468. The van der Waals surface area contributed by atoms with Crippen molar-refractivity contribution in [1.82, 2.24) is 9.78 Å². The molecule has 0 radical (unpaired) electrons. The number of hydrogen-bond acceptors (Lipinski definition) is 5. The normalized spacial score (nSPS) is 11.4. The predicted octanol–water partition coefficient (Wildman–Crippen LogP) is 5.58. The number of aromatic nitrogens is 2. The van der Waals surface area contributed by atoms with E-state index in [2.05, 4.69) is 5.10 Å². The molecule has 0 N–H and O–H groups in total. The second-order valence-electron chi connectivity index (χ2n) is 7.14. The molecule has 1 aromatic heterocycles. The van der Waals surface area contributed by atoms with Crippen LogP contribution in [0.2, 0.25) is 10.0 Å². The van der Waals surface area contributed by atoms with Gasteiger partial charge in [0.2, 0.25) is 9.84 Å². The van der Waals surface area contributed by atoms with Gasteiger partial charge in [-0.15, -0.1) is 0 Å². The average Bonchev–Trinajstić information content (AvgIpc) is 3.17. The molecule has 0 amide bonds. The Balaban J connectivity index is 1.78. The fourth-order valence-electron chi connectivity index (χ4n) is 3.40. The lowest BCUT2D eigenvalue weighted by atomic mass is 10.1. The highest BCUT2D eigenvalue weighted by molar-refractivity contribution is 7.91. The van der Waals surface area contributed by atoms with Gasteiger partial charge in [-0.3, -0.25) is 4.68 Å². The maximum atomic E-state index is 13.5. The first-order chi connectivity index (χ1) is 15.8. The molecule has 1 heterocycles. The molecule has 0 unspecified atom stereocenters. The molecule has 0 atom stereocenters. The summed E-state index contributed by atoms with van der Waals surface area (Å²) >= 11 is 11.9. The summed E-state index contributed by atoms with van der Waals surface area (Å²) in [6.45, 7) is -0.307. The van der Waals surface area contributed by atoms with Gasteiger partial charge in [0.25, 0.3) is 0 Å². The number of benzene rings is 3. The minimum atomic E-state index is -3.94. The molecule has 0 aliphatic rings. The van der Waals surface area contributed by atoms with E-state index in [1.165, 1.54) is 35.0 Å². The highest BCUT2D eigenvalue weighted by Crippen LogP contribution is 2.32. The van der Waals surface area contributed by atoms with Crippen molar-refractivity contribution in [2.75, 3.05) is 0 Å². The molecule has 4 aromatic rings. The topological polar surface area (TPSA) is 78.3 Å². The molecular weight excluding hydrogens is 483 g/mol. The molecule has 6 nitrogen and oxygen atoms in total. The molecule has 0 saturated carbocycles. The molecule has 168 valence electrons. The van der Waals surface area contributed by atoms with Gasteiger partial charge in [-0.1, -0.05) is 71.7 Å². The second-order valence-corrected chi connectivity index (χ2v) is 9.82. The predicted molar refractivity (Wildman–Crippen MR) is 126 cm³/mol. The van der Waals surface area contributed by atoms with Crippen LogP contribution in [0.15, 0.2) is 88.8 Å². The van der Waals surface area contributed by atoms with Gasteiger partial charge in [0.05, 0.1) is 26.1 Å². The number of hydrogen-bond donors (Lipinski definition) is 0. The third-order valence-electron chi connectivity index (χ3n) is 4.95. The van der Waals surface area contributed by atoms with E-state index in [4.69, 9.17) is 27.9 Å². The molecule has 4 rings (SSSR count). The van der Waals surface area contributed by atoms with Crippen LogP contribution in [0, 0.1) is 0 Å². The van der Waals surface area contributed by atoms with Crippen LogP contribution in [0.5, 0.6) is 0 Å². The van der Waals surface area contributed by atoms with E-state index in [1.807, 2.05) is 30.3 Å². The summed E-state index contributed by atoms with van der Waals surface area (Å²) in [5.41, 5.74) is 1.58. The zero-order chi connectivity index (χ0) is 23.6. The molecular formula is C24H18Cl2N2O4S. The number of ether oxygens (including phenoxy) is 1. The van der Waals surface area contributed by atoms with Gasteiger partial charge in [0.1, 0.15) is 12.3 Å². The quantitative estimate of drug-likeness (QED) is 0.322.